The second kappa shape index (κ2) is 12.2. The van der Waals surface area contributed by atoms with Gasteiger partial charge in [0.2, 0.25) is 11.8 Å². The lowest BCUT2D eigenvalue weighted by molar-refractivity contribution is -0.141. The molecule has 0 saturated carbocycles. The first-order valence-electron chi connectivity index (χ1n) is 10.7. The molecule has 0 aliphatic carbocycles. The minimum atomic E-state index is -0.512. The van der Waals surface area contributed by atoms with Crippen LogP contribution in [0.4, 0.5) is 0 Å². The molecule has 0 unspecified atom stereocenters. The van der Waals surface area contributed by atoms with Gasteiger partial charge in [0, 0.05) is 35.0 Å². The van der Waals surface area contributed by atoms with Crippen LogP contribution >= 0.6 is 23.4 Å². The molecule has 31 heavy (non-hydrogen) atoms. The summed E-state index contributed by atoms with van der Waals surface area (Å²) in [5.74, 6) is 1.45. The van der Waals surface area contributed by atoms with Crippen molar-refractivity contribution < 1.29 is 9.59 Å². The Morgan fingerprint density at radius 2 is 1.68 bits per heavy atom. The Labute approximate surface area is 195 Å². The summed E-state index contributed by atoms with van der Waals surface area (Å²) in [7, 11) is 0. The van der Waals surface area contributed by atoms with Crippen LogP contribution in [0.5, 0.6) is 0 Å². The summed E-state index contributed by atoms with van der Waals surface area (Å²) in [6.45, 7) is 8.17. The Hall–Kier alpha value is -1.98. The Balaban J connectivity index is 2.08. The van der Waals surface area contributed by atoms with Crippen molar-refractivity contribution in [2.45, 2.75) is 64.4 Å². The van der Waals surface area contributed by atoms with Gasteiger partial charge in [-0.3, -0.25) is 9.59 Å². The summed E-state index contributed by atoms with van der Waals surface area (Å²) in [6, 6.07) is 17.1. The van der Waals surface area contributed by atoms with Gasteiger partial charge < -0.3 is 10.2 Å². The number of nitrogens with one attached hydrogen (secondary N) is 1. The molecular formula is C25H33ClN2O2S. The maximum atomic E-state index is 13.2. The van der Waals surface area contributed by atoms with Crippen LogP contribution in [-0.4, -0.2) is 34.0 Å². The fraction of sp³-hybridized carbons (Fsp3) is 0.440. The van der Waals surface area contributed by atoms with Gasteiger partial charge in [0.05, 0.1) is 0 Å². The average Bonchev–Trinajstić information content (AvgIpc) is 2.72. The zero-order valence-electron chi connectivity index (χ0n) is 18.9. The molecule has 2 rings (SSSR count). The lowest BCUT2D eigenvalue weighted by Gasteiger charge is -2.33. The van der Waals surface area contributed by atoms with Crippen molar-refractivity contribution in [2.75, 3.05) is 5.75 Å². The molecule has 0 spiro atoms. The highest BCUT2D eigenvalue weighted by Crippen LogP contribution is 2.19. The van der Waals surface area contributed by atoms with Gasteiger partial charge in [0.15, 0.2) is 0 Å². The predicted octanol–water partition coefficient (Wildman–Crippen LogP) is 5.69. The fourth-order valence-corrected chi connectivity index (χ4v) is 4.24. The lowest BCUT2D eigenvalue weighted by Crippen LogP contribution is -2.53. The number of amides is 2. The summed E-state index contributed by atoms with van der Waals surface area (Å²) >= 11 is 7.74. The Morgan fingerprint density at radius 3 is 2.26 bits per heavy atom. The normalized spacial score (nSPS) is 12.3. The summed E-state index contributed by atoms with van der Waals surface area (Å²) in [5.41, 5.74) is 1.84. The van der Waals surface area contributed by atoms with Crippen LogP contribution < -0.4 is 5.32 Å². The second-order valence-electron chi connectivity index (χ2n) is 8.60. The number of benzene rings is 2. The summed E-state index contributed by atoms with van der Waals surface area (Å²) in [4.78, 5) is 27.9. The van der Waals surface area contributed by atoms with Crippen LogP contribution in [0.15, 0.2) is 54.6 Å². The van der Waals surface area contributed by atoms with E-state index in [0.717, 1.165) is 11.3 Å². The predicted molar refractivity (Wildman–Crippen MR) is 131 cm³/mol. The van der Waals surface area contributed by atoms with Gasteiger partial charge in [-0.25, -0.2) is 0 Å². The molecule has 6 heteroatoms. The maximum Gasteiger partial charge on any atom is 0.243 e. The minimum Gasteiger partial charge on any atom is -0.350 e. The molecule has 0 aliphatic heterocycles. The van der Waals surface area contributed by atoms with Crippen molar-refractivity contribution in [3.63, 3.8) is 0 Å². The number of carbonyl (C=O) groups is 2. The number of halogens is 1. The quantitative estimate of drug-likeness (QED) is 0.463. The topological polar surface area (TPSA) is 49.4 Å². The van der Waals surface area contributed by atoms with Crippen molar-refractivity contribution in [1.82, 2.24) is 10.2 Å². The molecule has 0 radical (unpaired) electrons. The maximum absolute atomic E-state index is 13.2. The van der Waals surface area contributed by atoms with Crippen LogP contribution in [-0.2, 0) is 21.9 Å². The van der Waals surface area contributed by atoms with E-state index in [1.54, 1.807) is 16.7 Å². The highest BCUT2D eigenvalue weighted by Gasteiger charge is 2.30. The van der Waals surface area contributed by atoms with Crippen molar-refractivity contribution in [3.05, 3.63) is 70.7 Å². The Morgan fingerprint density at radius 1 is 1.03 bits per heavy atom. The Bertz CT molecular complexity index is 835. The number of thioether (sulfide) groups is 1. The first kappa shape index (κ1) is 25.3. The van der Waals surface area contributed by atoms with Crippen molar-refractivity contribution in [1.29, 1.82) is 0 Å². The molecule has 0 aromatic heterocycles. The number of hydrogen-bond acceptors (Lipinski definition) is 3. The summed E-state index contributed by atoms with van der Waals surface area (Å²) in [6.07, 6.45) is 0.947. The molecule has 2 aromatic carbocycles. The molecule has 0 bridgehead atoms. The van der Waals surface area contributed by atoms with E-state index in [0.29, 0.717) is 30.2 Å². The second-order valence-corrected chi connectivity index (χ2v) is 10.1. The van der Waals surface area contributed by atoms with Gasteiger partial charge in [0.25, 0.3) is 0 Å². The minimum absolute atomic E-state index is 0.00794. The van der Waals surface area contributed by atoms with Crippen molar-refractivity contribution in [3.8, 4) is 0 Å². The molecule has 0 fully saturated rings. The molecule has 4 nitrogen and oxygen atoms in total. The highest BCUT2D eigenvalue weighted by molar-refractivity contribution is 7.98. The number of rotatable bonds is 10. The van der Waals surface area contributed by atoms with Crippen LogP contribution in [0.1, 0.15) is 51.7 Å². The molecular weight excluding hydrogens is 428 g/mol. The van der Waals surface area contributed by atoms with Gasteiger partial charge in [-0.1, -0.05) is 61.0 Å². The Kier molecular flexibility index (Phi) is 9.92. The van der Waals surface area contributed by atoms with E-state index in [2.05, 4.69) is 17.4 Å². The van der Waals surface area contributed by atoms with E-state index in [4.69, 9.17) is 11.6 Å². The molecule has 168 valence electrons. The van der Waals surface area contributed by atoms with E-state index in [9.17, 15) is 9.59 Å². The van der Waals surface area contributed by atoms with Crippen molar-refractivity contribution in [2.24, 2.45) is 0 Å². The average molecular weight is 461 g/mol. The van der Waals surface area contributed by atoms with E-state index < -0.39 is 6.04 Å². The van der Waals surface area contributed by atoms with E-state index >= 15 is 0 Å². The van der Waals surface area contributed by atoms with Crippen LogP contribution in [0.25, 0.3) is 0 Å². The molecule has 2 amide bonds. The van der Waals surface area contributed by atoms with Crippen molar-refractivity contribution >= 4 is 35.2 Å². The van der Waals surface area contributed by atoms with Crippen LogP contribution in [0.2, 0.25) is 5.02 Å². The van der Waals surface area contributed by atoms with Crippen LogP contribution in [0.3, 0.4) is 0 Å². The third-order valence-electron chi connectivity index (χ3n) is 4.72. The molecule has 0 heterocycles. The molecule has 1 N–H and O–H groups in total. The summed E-state index contributed by atoms with van der Waals surface area (Å²) in [5, 5.41) is 3.68. The number of hydrogen-bond donors (Lipinski definition) is 1. The number of carbonyl (C=O) groups excluding carboxylic acids is 2. The third kappa shape index (κ3) is 8.96. The van der Waals surface area contributed by atoms with E-state index in [1.165, 1.54) is 5.56 Å². The molecule has 0 aliphatic rings. The monoisotopic (exact) mass is 460 g/mol. The van der Waals surface area contributed by atoms with E-state index in [-0.39, 0.29) is 17.4 Å². The van der Waals surface area contributed by atoms with Gasteiger partial charge in [-0.2, -0.15) is 11.8 Å². The van der Waals surface area contributed by atoms with Gasteiger partial charge in [-0.15, -0.1) is 0 Å². The first-order valence-corrected chi connectivity index (χ1v) is 12.2. The SMILES string of the molecule is CC[C@H](C(=O)NC(C)(C)C)N(Cc1ccc(Cl)cc1)C(=O)CCSCc1ccccc1. The smallest absolute Gasteiger partial charge is 0.243 e. The van der Waals surface area contributed by atoms with Gasteiger partial charge >= 0.3 is 0 Å². The highest BCUT2D eigenvalue weighted by atomic mass is 35.5. The standard InChI is InChI=1S/C25H33ClN2O2S/c1-5-22(24(30)27-25(2,3)4)28(17-19-11-13-21(26)14-12-19)23(29)15-16-31-18-20-9-7-6-8-10-20/h6-14,22H,5,15-18H2,1-4H3,(H,27,30)/t22-/m1/s1. The van der Waals surface area contributed by atoms with Crippen LogP contribution in [0, 0.1) is 0 Å². The first-order chi connectivity index (χ1) is 14.7. The summed E-state index contributed by atoms with van der Waals surface area (Å²) < 4.78 is 0. The van der Waals surface area contributed by atoms with Gasteiger partial charge in [-0.05, 0) is 50.5 Å². The van der Waals surface area contributed by atoms with E-state index in [1.807, 2.05) is 70.2 Å². The lowest BCUT2D eigenvalue weighted by atomic mass is 10.1. The third-order valence-corrected chi connectivity index (χ3v) is 6.00. The molecule has 1 atom stereocenters. The zero-order chi connectivity index (χ0) is 22.9. The number of nitrogens with zero attached hydrogens (tertiary/aromatic N) is 1. The molecule has 2 aromatic rings. The zero-order valence-corrected chi connectivity index (χ0v) is 20.4. The van der Waals surface area contributed by atoms with Gasteiger partial charge in [0.1, 0.15) is 6.04 Å². The molecule has 0 saturated heterocycles. The largest absolute Gasteiger partial charge is 0.350 e. The fourth-order valence-electron chi connectivity index (χ4n) is 3.23.